The second-order valence-corrected chi connectivity index (χ2v) is 18.0. The first-order valence-electron chi connectivity index (χ1n) is 23.9. The van der Waals surface area contributed by atoms with Crippen LogP contribution in [0.5, 0.6) is 0 Å². The van der Waals surface area contributed by atoms with Gasteiger partial charge in [0.1, 0.15) is 6.10 Å². The first kappa shape index (κ1) is 55.3. The van der Waals surface area contributed by atoms with Crippen LogP contribution in [-0.2, 0) is 14.9 Å². The summed E-state index contributed by atoms with van der Waals surface area (Å²) < 4.78 is 32.6. The zero-order chi connectivity index (χ0) is 41.9. The quantitative estimate of drug-likeness (QED) is 0.0276. The number of allylic oxidation sites excluding steroid dienone is 7. The fourth-order valence-electron chi connectivity index (χ4n) is 7.13. The van der Waals surface area contributed by atoms with Gasteiger partial charge in [0, 0.05) is 0 Å². The number of amides is 1. The molecule has 3 unspecified atom stereocenters. The molecule has 7 nitrogen and oxygen atoms in total. The molecule has 0 spiro atoms. The molecule has 0 rings (SSSR count). The maximum atomic E-state index is 12.6. The van der Waals surface area contributed by atoms with Gasteiger partial charge in [0.2, 0.25) is 5.91 Å². The summed E-state index contributed by atoms with van der Waals surface area (Å²) in [5, 5.41) is 23.5. The van der Waals surface area contributed by atoms with Crippen LogP contribution >= 0.6 is 0 Å². The smallest absolute Gasteiger partial charge is 0.267 e. The molecule has 57 heavy (non-hydrogen) atoms. The molecule has 3 atom stereocenters. The average molecular weight is 822 g/mol. The molecule has 0 fully saturated rings. The van der Waals surface area contributed by atoms with Gasteiger partial charge in [-0.25, -0.2) is 0 Å². The molecular weight excluding hydrogens is 731 g/mol. The molecule has 334 valence electrons. The van der Waals surface area contributed by atoms with Crippen molar-refractivity contribution in [3.63, 3.8) is 0 Å². The fraction of sp³-hybridized carbons (Fsp3) is 0.816. The predicted molar refractivity (Wildman–Crippen MR) is 245 cm³/mol. The Bertz CT molecular complexity index is 1100. The minimum Gasteiger partial charge on any atom is -0.387 e. The highest BCUT2D eigenvalue weighted by Crippen LogP contribution is 2.15. The fourth-order valence-corrected chi connectivity index (χ4v) is 7.86. The molecule has 0 aliphatic carbocycles. The third-order valence-corrected chi connectivity index (χ3v) is 11.6. The summed E-state index contributed by atoms with van der Waals surface area (Å²) in [5.74, 6) is -1.57. The normalized spacial score (nSPS) is 14.1. The van der Waals surface area contributed by atoms with Crippen molar-refractivity contribution in [2.45, 2.75) is 250 Å². The van der Waals surface area contributed by atoms with Gasteiger partial charge in [0.05, 0.1) is 17.9 Å². The van der Waals surface area contributed by atoms with Crippen molar-refractivity contribution in [3.8, 4) is 0 Å². The van der Waals surface area contributed by atoms with Crippen molar-refractivity contribution in [1.29, 1.82) is 0 Å². The van der Waals surface area contributed by atoms with E-state index in [-0.39, 0.29) is 6.42 Å². The van der Waals surface area contributed by atoms with Gasteiger partial charge in [-0.3, -0.25) is 9.35 Å². The lowest BCUT2D eigenvalue weighted by molar-refractivity contribution is -0.130. The van der Waals surface area contributed by atoms with Gasteiger partial charge in [-0.2, -0.15) is 8.42 Å². The molecule has 0 aliphatic rings. The van der Waals surface area contributed by atoms with Gasteiger partial charge in [-0.05, 0) is 70.6 Å². The number of carbonyl (C=O) groups excluding carboxylic acids is 1. The summed E-state index contributed by atoms with van der Waals surface area (Å²) >= 11 is 0. The Balaban J connectivity index is 4.00. The molecule has 0 aromatic carbocycles. The van der Waals surface area contributed by atoms with E-state index in [1.807, 2.05) is 0 Å². The molecule has 0 radical (unpaired) electrons. The van der Waals surface area contributed by atoms with E-state index in [0.29, 0.717) is 12.8 Å². The highest BCUT2D eigenvalue weighted by atomic mass is 32.2. The summed E-state index contributed by atoms with van der Waals surface area (Å²) in [4.78, 5) is 12.6. The number of hydrogen-bond acceptors (Lipinski definition) is 5. The summed E-state index contributed by atoms with van der Waals surface area (Å²) in [6.45, 7) is 4.53. The van der Waals surface area contributed by atoms with E-state index in [4.69, 9.17) is 0 Å². The van der Waals surface area contributed by atoms with Crippen LogP contribution in [0.4, 0.5) is 0 Å². The Morgan fingerprint density at radius 1 is 0.474 bits per heavy atom. The van der Waals surface area contributed by atoms with Crippen molar-refractivity contribution < 1.29 is 28.0 Å². The molecular formula is C49H91NO6S. The summed E-state index contributed by atoms with van der Waals surface area (Å²) in [6, 6.07) is -1.26. The molecule has 1 amide bonds. The van der Waals surface area contributed by atoms with E-state index in [0.717, 1.165) is 51.4 Å². The first-order valence-corrected chi connectivity index (χ1v) is 25.6. The monoisotopic (exact) mass is 822 g/mol. The molecule has 0 aromatic rings. The van der Waals surface area contributed by atoms with Crippen LogP contribution in [0.15, 0.2) is 48.6 Å². The van der Waals surface area contributed by atoms with Crippen molar-refractivity contribution in [3.05, 3.63) is 48.6 Å². The molecule has 8 heteroatoms. The zero-order valence-corrected chi connectivity index (χ0v) is 37.9. The van der Waals surface area contributed by atoms with Crippen LogP contribution in [0.3, 0.4) is 0 Å². The largest absolute Gasteiger partial charge is 0.387 e. The molecule has 4 N–H and O–H groups in total. The predicted octanol–water partition coefficient (Wildman–Crippen LogP) is 13.6. The van der Waals surface area contributed by atoms with Gasteiger partial charge in [-0.15, -0.1) is 0 Å². The van der Waals surface area contributed by atoms with Crippen molar-refractivity contribution in [2.75, 3.05) is 5.75 Å². The van der Waals surface area contributed by atoms with Gasteiger partial charge < -0.3 is 15.5 Å². The molecule has 0 bridgehead atoms. The number of aliphatic hydroxyl groups is 2. The number of rotatable bonds is 43. The minimum absolute atomic E-state index is 0.263. The number of unbranched alkanes of at least 4 members (excludes halogenated alkanes) is 28. The second kappa shape index (κ2) is 42.4. The van der Waals surface area contributed by atoms with E-state index in [9.17, 15) is 28.0 Å². The lowest BCUT2D eigenvalue weighted by Crippen LogP contribution is -2.50. The lowest BCUT2D eigenvalue weighted by atomic mass is 10.0. The number of carbonyl (C=O) groups is 1. The van der Waals surface area contributed by atoms with Crippen molar-refractivity contribution in [2.24, 2.45) is 0 Å². The van der Waals surface area contributed by atoms with Gasteiger partial charge in [-0.1, -0.05) is 210 Å². The molecule has 0 heterocycles. The highest BCUT2D eigenvalue weighted by molar-refractivity contribution is 7.85. The van der Waals surface area contributed by atoms with E-state index in [2.05, 4.69) is 55.6 Å². The third kappa shape index (κ3) is 42.2. The lowest BCUT2D eigenvalue weighted by Gasteiger charge is -2.22. The van der Waals surface area contributed by atoms with Gasteiger partial charge >= 0.3 is 0 Å². The Labute approximate surface area is 352 Å². The number of aliphatic hydroxyl groups excluding tert-OH is 2. The summed E-state index contributed by atoms with van der Waals surface area (Å²) in [7, 11) is -4.46. The van der Waals surface area contributed by atoms with Gasteiger partial charge in [0.15, 0.2) is 0 Å². The van der Waals surface area contributed by atoms with Crippen LogP contribution in [0, 0.1) is 0 Å². The molecule has 0 saturated heterocycles. The van der Waals surface area contributed by atoms with E-state index >= 15 is 0 Å². The highest BCUT2D eigenvalue weighted by Gasteiger charge is 2.27. The standard InChI is InChI=1S/C49H91NO6S/c1-3-5-7-9-11-13-15-17-19-21-23-24-25-26-28-30-32-34-36-38-40-42-44-48(52)49(53)50-46(45-57(54,55)56)47(51)43-41-39-37-35-33-31-29-27-22-20-18-16-14-12-10-8-6-4-2/h22,26-28,33,35,41,43,46-48,51-52H,3-21,23-25,29-32,34,36-40,42,44-45H2,1-2H3,(H,50,53)(H,54,55,56)/b27-22+,28-26-,35-33+,43-41+. The maximum Gasteiger partial charge on any atom is 0.267 e. The Morgan fingerprint density at radius 3 is 1.16 bits per heavy atom. The zero-order valence-electron chi connectivity index (χ0n) is 37.1. The first-order chi connectivity index (χ1) is 27.7. The Kier molecular flexibility index (Phi) is 41.1. The minimum atomic E-state index is -4.46. The Morgan fingerprint density at radius 2 is 0.789 bits per heavy atom. The van der Waals surface area contributed by atoms with Crippen LogP contribution in [-0.4, -0.2) is 53.1 Å². The molecule has 0 saturated carbocycles. The topological polar surface area (TPSA) is 124 Å². The van der Waals surface area contributed by atoms with Gasteiger partial charge in [0.25, 0.3) is 10.1 Å². The van der Waals surface area contributed by atoms with Crippen LogP contribution < -0.4 is 5.32 Å². The van der Waals surface area contributed by atoms with Crippen molar-refractivity contribution >= 4 is 16.0 Å². The average Bonchev–Trinajstić information content (AvgIpc) is 3.18. The third-order valence-electron chi connectivity index (χ3n) is 10.8. The molecule has 0 aromatic heterocycles. The van der Waals surface area contributed by atoms with Crippen molar-refractivity contribution in [1.82, 2.24) is 5.32 Å². The van der Waals surface area contributed by atoms with Crippen LogP contribution in [0.25, 0.3) is 0 Å². The summed E-state index contributed by atoms with van der Waals surface area (Å²) in [5.41, 5.74) is 0. The molecule has 0 aliphatic heterocycles. The number of nitrogens with one attached hydrogen (secondary N) is 1. The summed E-state index contributed by atoms with van der Waals surface area (Å²) in [6.07, 6.45) is 54.6. The second-order valence-electron chi connectivity index (χ2n) is 16.5. The van der Waals surface area contributed by atoms with Crippen LogP contribution in [0.2, 0.25) is 0 Å². The van der Waals surface area contributed by atoms with Crippen LogP contribution in [0.1, 0.15) is 232 Å². The maximum absolute atomic E-state index is 12.6. The van der Waals surface area contributed by atoms with E-state index in [1.165, 1.54) is 154 Å². The van der Waals surface area contributed by atoms with E-state index in [1.54, 1.807) is 6.08 Å². The Hall–Kier alpha value is -1.74. The van der Waals surface area contributed by atoms with E-state index < -0.39 is 40.0 Å². The SMILES string of the molecule is CCCCCCCCCC/C=C/CC/C=C/CC/C=C/C(O)C(CS(=O)(=O)O)NC(=O)C(O)CCCCCCCC/C=C\CCCCCCCCCCCCCC. The number of hydrogen-bond donors (Lipinski definition) is 4.